The Morgan fingerprint density at radius 2 is 2.24 bits per heavy atom. The van der Waals surface area contributed by atoms with Gasteiger partial charge in [0, 0.05) is 30.0 Å². The fraction of sp³-hybridized carbons (Fsp3) is 0.308. The first-order valence-corrected chi connectivity index (χ1v) is 6.54. The molecule has 2 aromatic rings. The van der Waals surface area contributed by atoms with Gasteiger partial charge >= 0.3 is 0 Å². The Bertz CT molecular complexity index is 546. The summed E-state index contributed by atoms with van der Waals surface area (Å²) < 4.78 is 13.2. The fourth-order valence-corrected chi connectivity index (χ4v) is 2.81. The van der Waals surface area contributed by atoms with Gasteiger partial charge in [0.2, 0.25) is 0 Å². The fourth-order valence-electron chi connectivity index (χ4n) is 1.88. The van der Waals surface area contributed by atoms with Crippen molar-refractivity contribution in [2.24, 2.45) is 0 Å². The van der Waals surface area contributed by atoms with Crippen LogP contribution in [0.3, 0.4) is 0 Å². The highest BCUT2D eigenvalue weighted by Gasteiger charge is 2.22. The van der Waals surface area contributed by atoms with Crippen molar-refractivity contribution in [1.29, 1.82) is 0 Å². The number of rotatable bonds is 2. The van der Waals surface area contributed by atoms with E-state index in [9.17, 15) is 4.39 Å². The SMILES string of the molecule is Cc1cc(-c2csc(C3CNC3)n2)ccc1F. The van der Waals surface area contributed by atoms with E-state index in [0.29, 0.717) is 11.5 Å². The van der Waals surface area contributed by atoms with Gasteiger partial charge in [-0.1, -0.05) is 0 Å². The van der Waals surface area contributed by atoms with Crippen LogP contribution in [-0.4, -0.2) is 18.1 Å². The summed E-state index contributed by atoms with van der Waals surface area (Å²) in [4.78, 5) is 4.63. The van der Waals surface area contributed by atoms with Gasteiger partial charge in [-0.25, -0.2) is 9.37 Å². The molecule has 0 atom stereocenters. The summed E-state index contributed by atoms with van der Waals surface area (Å²) in [5.74, 6) is 0.405. The Hall–Kier alpha value is -1.26. The topological polar surface area (TPSA) is 24.9 Å². The lowest BCUT2D eigenvalue weighted by Gasteiger charge is -2.24. The lowest BCUT2D eigenvalue weighted by Crippen LogP contribution is -2.39. The Kier molecular flexibility index (Phi) is 2.68. The van der Waals surface area contributed by atoms with Gasteiger partial charge in [-0.15, -0.1) is 11.3 Å². The zero-order valence-electron chi connectivity index (χ0n) is 9.53. The number of thiazole rings is 1. The van der Waals surface area contributed by atoms with Crippen LogP contribution in [0, 0.1) is 12.7 Å². The highest BCUT2D eigenvalue weighted by molar-refractivity contribution is 7.10. The van der Waals surface area contributed by atoms with Crippen LogP contribution < -0.4 is 5.32 Å². The van der Waals surface area contributed by atoms with Gasteiger partial charge < -0.3 is 5.32 Å². The van der Waals surface area contributed by atoms with E-state index in [-0.39, 0.29) is 5.82 Å². The number of benzene rings is 1. The second-order valence-electron chi connectivity index (χ2n) is 4.39. The van der Waals surface area contributed by atoms with Crippen LogP contribution in [0.2, 0.25) is 0 Å². The average molecular weight is 248 g/mol. The predicted octanol–water partition coefficient (Wildman–Crippen LogP) is 2.94. The van der Waals surface area contributed by atoms with E-state index in [2.05, 4.69) is 15.7 Å². The molecule has 1 aromatic carbocycles. The number of nitrogens with one attached hydrogen (secondary N) is 1. The quantitative estimate of drug-likeness (QED) is 0.884. The second kappa shape index (κ2) is 4.20. The molecule has 0 aliphatic carbocycles. The Morgan fingerprint density at radius 1 is 1.41 bits per heavy atom. The smallest absolute Gasteiger partial charge is 0.126 e. The number of halogens is 1. The minimum absolute atomic E-state index is 0.160. The molecule has 0 unspecified atom stereocenters. The molecule has 0 amide bonds. The number of hydrogen-bond acceptors (Lipinski definition) is 3. The van der Waals surface area contributed by atoms with E-state index in [0.717, 1.165) is 24.3 Å². The molecule has 3 rings (SSSR count). The zero-order valence-corrected chi connectivity index (χ0v) is 10.4. The first kappa shape index (κ1) is 10.9. The lowest BCUT2D eigenvalue weighted by molar-refractivity contribution is 0.447. The average Bonchev–Trinajstić information content (AvgIpc) is 2.69. The summed E-state index contributed by atoms with van der Waals surface area (Å²) >= 11 is 1.69. The summed E-state index contributed by atoms with van der Waals surface area (Å²) in [6.07, 6.45) is 0. The van der Waals surface area contributed by atoms with Crippen molar-refractivity contribution in [1.82, 2.24) is 10.3 Å². The monoisotopic (exact) mass is 248 g/mol. The first-order valence-electron chi connectivity index (χ1n) is 5.67. The molecular formula is C13H13FN2S. The van der Waals surface area contributed by atoms with Gasteiger partial charge in [-0.3, -0.25) is 0 Å². The third kappa shape index (κ3) is 1.98. The normalized spacial score (nSPS) is 15.9. The summed E-state index contributed by atoms with van der Waals surface area (Å²) in [6, 6.07) is 5.15. The van der Waals surface area contributed by atoms with Gasteiger partial charge in [0.15, 0.2) is 0 Å². The Labute approximate surface area is 104 Å². The molecule has 0 bridgehead atoms. The molecule has 0 radical (unpaired) electrons. The molecule has 0 saturated carbocycles. The molecule has 17 heavy (non-hydrogen) atoms. The molecule has 2 nitrogen and oxygen atoms in total. The van der Waals surface area contributed by atoms with Crippen LogP contribution >= 0.6 is 11.3 Å². The van der Waals surface area contributed by atoms with Gasteiger partial charge in [-0.05, 0) is 30.7 Å². The van der Waals surface area contributed by atoms with Crippen molar-refractivity contribution >= 4 is 11.3 Å². The lowest BCUT2D eigenvalue weighted by atomic mass is 10.0. The Morgan fingerprint density at radius 3 is 2.88 bits per heavy atom. The second-order valence-corrected chi connectivity index (χ2v) is 5.28. The maximum Gasteiger partial charge on any atom is 0.126 e. The van der Waals surface area contributed by atoms with Crippen molar-refractivity contribution in [3.8, 4) is 11.3 Å². The van der Waals surface area contributed by atoms with E-state index in [1.54, 1.807) is 24.3 Å². The molecule has 88 valence electrons. The summed E-state index contributed by atoms with van der Waals surface area (Å²) in [7, 11) is 0. The maximum absolute atomic E-state index is 13.2. The largest absolute Gasteiger partial charge is 0.315 e. The van der Waals surface area contributed by atoms with E-state index >= 15 is 0 Å². The van der Waals surface area contributed by atoms with Gasteiger partial charge in [0.1, 0.15) is 5.82 Å². The zero-order chi connectivity index (χ0) is 11.8. The van der Waals surface area contributed by atoms with Gasteiger partial charge in [0.05, 0.1) is 10.7 Å². The van der Waals surface area contributed by atoms with E-state index in [1.807, 2.05) is 6.07 Å². The third-order valence-electron chi connectivity index (χ3n) is 3.11. The van der Waals surface area contributed by atoms with Crippen LogP contribution in [0.15, 0.2) is 23.6 Å². The van der Waals surface area contributed by atoms with Crippen molar-refractivity contribution in [2.75, 3.05) is 13.1 Å². The van der Waals surface area contributed by atoms with E-state index < -0.39 is 0 Å². The van der Waals surface area contributed by atoms with Crippen molar-refractivity contribution in [3.05, 3.63) is 40.0 Å². The standard InChI is InChI=1S/C13H13FN2S/c1-8-4-9(2-3-11(8)14)12-7-17-13(16-12)10-5-15-6-10/h2-4,7,10,15H,5-6H2,1H3. The van der Waals surface area contributed by atoms with Crippen LogP contribution in [0.25, 0.3) is 11.3 Å². The highest BCUT2D eigenvalue weighted by Crippen LogP contribution is 2.29. The van der Waals surface area contributed by atoms with E-state index in [1.165, 1.54) is 11.1 Å². The molecule has 1 N–H and O–H groups in total. The molecule has 1 aromatic heterocycles. The van der Waals surface area contributed by atoms with Crippen LogP contribution in [0.1, 0.15) is 16.5 Å². The number of nitrogens with zero attached hydrogens (tertiary/aromatic N) is 1. The van der Waals surface area contributed by atoms with Crippen LogP contribution in [0.4, 0.5) is 4.39 Å². The summed E-state index contributed by atoms with van der Waals surface area (Å²) in [5.41, 5.74) is 2.63. The Balaban J connectivity index is 1.92. The predicted molar refractivity (Wildman–Crippen MR) is 67.9 cm³/mol. The third-order valence-corrected chi connectivity index (χ3v) is 4.11. The molecule has 1 aliphatic rings. The number of hydrogen-bond donors (Lipinski definition) is 1. The highest BCUT2D eigenvalue weighted by atomic mass is 32.1. The molecule has 1 saturated heterocycles. The molecule has 1 fully saturated rings. The number of aromatic nitrogens is 1. The minimum atomic E-state index is -0.160. The van der Waals surface area contributed by atoms with Gasteiger partial charge in [0.25, 0.3) is 0 Å². The number of aryl methyl sites for hydroxylation is 1. The van der Waals surface area contributed by atoms with Crippen LogP contribution in [-0.2, 0) is 0 Å². The van der Waals surface area contributed by atoms with E-state index in [4.69, 9.17) is 0 Å². The molecular weight excluding hydrogens is 235 g/mol. The van der Waals surface area contributed by atoms with Crippen molar-refractivity contribution in [3.63, 3.8) is 0 Å². The molecule has 2 heterocycles. The van der Waals surface area contributed by atoms with Crippen molar-refractivity contribution < 1.29 is 4.39 Å². The minimum Gasteiger partial charge on any atom is -0.315 e. The molecule has 1 aliphatic heterocycles. The van der Waals surface area contributed by atoms with Gasteiger partial charge in [-0.2, -0.15) is 0 Å². The summed E-state index contributed by atoms with van der Waals surface area (Å²) in [6.45, 7) is 3.83. The summed E-state index contributed by atoms with van der Waals surface area (Å²) in [5, 5.41) is 6.48. The maximum atomic E-state index is 13.2. The van der Waals surface area contributed by atoms with Crippen molar-refractivity contribution in [2.45, 2.75) is 12.8 Å². The molecule has 4 heteroatoms. The first-order chi connectivity index (χ1) is 8.24. The molecule has 0 spiro atoms. The van der Waals surface area contributed by atoms with Crippen LogP contribution in [0.5, 0.6) is 0 Å².